The number of carbonyl (C=O) groups excluding carboxylic acids is 2. The van der Waals surface area contributed by atoms with Gasteiger partial charge in [0.15, 0.2) is 6.10 Å². The van der Waals surface area contributed by atoms with Crippen molar-refractivity contribution in [1.82, 2.24) is 9.80 Å². The monoisotopic (exact) mass is 406 g/mol. The summed E-state index contributed by atoms with van der Waals surface area (Å²) in [6, 6.07) is 13.8. The predicted octanol–water partition coefficient (Wildman–Crippen LogP) is 3.75. The van der Waals surface area contributed by atoms with Gasteiger partial charge in [-0.2, -0.15) is 0 Å². The van der Waals surface area contributed by atoms with E-state index in [4.69, 9.17) is 27.9 Å². The first-order valence-electron chi connectivity index (χ1n) is 8.70. The van der Waals surface area contributed by atoms with Crippen molar-refractivity contribution < 1.29 is 14.3 Å². The zero-order chi connectivity index (χ0) is 19.4. The SMILES string of the molecule is CC(Oc1ccc(Cl)cc1)C(=O)N1CCN(C(=O)c2cccc(Cl)c2)CC1. The topological polar surface area (TPSA) is 49.9 Å². The largest absolute Gasteiger partial charge is 0.481 e. The highest BCUT2D eigenvalue weighted by molar-refractivity contribution is 6.31. The molecule has 3 rings (SSSR count). The molecule has 2 aromatic carbocycles. The van der Waals surface area contributed by atoms with Crippen LogP contribution in [0.5, 0.6) is 5.75 Å². The lowest BCUT2D eigenvalue weighted by molar-refractivity contribution is -0.139. The van der Waals surface area contributed by atoms with Gasteiger partial charge >= 0.3 is 0 Å². The van der Waals surface area contributed by atoms with E-state index in [2.05, 4.69) is 0 Å². The van der Waals surface area contributed by atoms with Gasteiger partial charge in [0.1, 0.15) is 5.75 Å². The Balaban J connectivity index is 1.54. The number of ether oxygens (including phenoxy) is 1. The molecule has 1 heterocycles. The van der Waals surface area contributed by atoms with Crippen molar-refractivity contribution in [1.29, 1.82) is 0 Å². The molecule has 0 bridgehead atoms. The van der Waals surface area contributed by atoms with Gasteiger partial charge in [-0.3, -0.25) is 9.59 Å². The molecule has 0 spiro atoms. The Kier molecular flexibility index (Phi) is 6.24. The van der Waals surface area contributed by atoms with Gasteiger partial charge in [-0.15, -0.1) is 0 Å². The van der Waals surface area contributed by atoms with Crippen molar-refractivity contribution in [2.45, 2.75) is 13.0 Å². The molecule has 1 unspecified atom stereocenters. The third kappa shape index (κ3) is 4.93. The maximum atomic E-state index is 12.6. The predicted molar refractivity (Wildman–Crippen MR) is 105 cm³/mol. The van der Waals surface area contributed by atoms with Gasteiger partial charge in [0, 0.05) is 41.8 Å². The van der Waals surface area contributed by atoms with Crippen LogP contribution in [0.4, 0.5) is 0 Å². The molecule has 1 aliphatic rings. The molecule has 0 radical (unpaired) electrons. The van der Waals surface area contributed by atoms with Gasteiger partial charge in [0.2, 0.25) is 0 Å². The molecule has 2 aromatic rings. The van der Waals surface area contributed by atoms with E-state index in [9.17, 15) is 9.59 Å². The molecule has 1 aliphatic heterocycles. The van der Waals surface area contributed by atoms with Crippen LogP contribution in [0.2, 0.25) is 10.0 Å². The van der Waals surface area contributed by atoms with E-state index in [0.717, 1.165) is 0 Å². The number of hydrogen-bond donors (Lipinski definition) is 0. The Hall–Kier alpha value is -2.24. The summed E-state index contributed by atoms with van der Waals surface area (Å²) in [7, 11) is 0. The molecule has 27 heavy (non-hydrogen) atoms. The number of rotatable bonds is 4. The maximum absolute atomic E-state index is 12.6. The second-order valence-electron chi connectivity index (χ2n) is 6.34. The summed E-state index contributed by atoms with van der Waals surface area (Å²) >= 11 is 11.8. The molecule has 0 N–H and O–H groups in total. The summed E-state index contributed by atoms with van der Waals surface area (Å²) in [4.78, 5) is 28.6. The van der Waals surface area contributed by atoms with Crippen LogP contribution in [0.1, 0.15) is 17.3 Å². The van der Waals surface area contributed by atoms with E-state index >= 15 is 0 Å². The number of amides is 2. The number of benzene rings is 2. The van der Waals surface area contributed by atoms with E-state index in [1.54, 1.807) is 65.3 Å². The fourth-order valence-electron chi connectivity index (χ4n) is 2.96. The van der Waals surface area contributed by atoms with Crippen molar-refractivity contribution in [3.05, 3.63) is 64.1 Å². The molecule has 0 aromatic heterocycles. The van der Waals surface area contributed by atoms with E-state index in [-0.39, 0.29) is 11.8 Å². The minimum atomic E-state index is -0.610. The summed E-state index contributed by atoms with van der Waals surface area (Å²) in [6.45, 7) is 3.62. The lowest BCUT2D eigenvalue weighted by atomic mass is 10.1. The fraction of sp³-hybridized carbons (Fsp3) is 0.300. The van der Waals surface area contributed by atoms with Gasteiger partial charge in [-0.05, 0) is 49.4 Å². The summed E-state index contributed by atoms with van der Waals surface area (Å²) in [6.07, 6.45) is -0.610. The Bertz CT molecular complexity index is 818. The van der Waals surface area contributed by atoms with Crippen molar-refractivity contribution in [3.8, 4) is 5.75 Å². The van der Waals surface area contributed by atoms with Crippen LogP contribution in [0.3, 0.4) is 0 Å². The maximum Gasteiger partial charge on any atom is 0.263 e. The molecule has 0 aliphatic carbocycles. The lowest BCUT2D eigenvalue weighted by Gasteiger charge is -2.36. The Morgan fingerprint density at radius 1 is 0.926 bits per heavy atom. The molecule has 1 fully saturated rings. The highest BCUT2D eigenvalue weighted by atomic mass is 35.5. The van der Waals surface area contributed by atoms with E-state index in [1.165, 1.54) is 0 Å². The van der Waals surface area contributed by atoms with Crippen LogP contribution in [-0.2, 0) is 4.79 Å². The number of nitrogens with zero attached hydrogens (tertiary/aromatic N) is 2. The summed E-state index contributed by atoms with van der Waals surface area (Å²) in [5.74, 6) is 0.421. The smallest absolute Gasteiger partial charge is 0.263 e. The molecule has 2 amide bonds. The van der Waals surface area contributed by atoms with Crippen LogP contribution in [0.15, 0.2) is 48.5 Å². The molecule has 1 atom stereocenters. The zero-order valence-corrected chi connectivity index (χ0v) is 16.4. The molecule has 5 nitrogen and oxygen atoms in total. The highest BCUT2D eigenvalue weighted by Crippen LogP contribution is 2.18. The molecular formula is C20H20Cl2N2O3. The summed E-state index contributed by atoms with van der Waals surface area (Å²) < 4.78 is 5.70. The van der Waals surface area contributed by atoms with Crippen molar-refractivity contribution in [2.75, 3.05) is 26.2 Å². The van der Waals surface area contributed by atoms with Gasteiger partial charge in [-0.25, -0.2) is 0 Å². The second kappa shape index (κ2) is 8.63. The average molecular weight is 407 g/mol. The van der Waals surface area contributed by atoms with Crippen molar-refractivity contribution in [3.63, 3.8) is 0 Å². The zero-order valence-electron chi connectivity index (χ0n) is 14.9. The fourth-order valence-corrected chi connectivity index (χ4v) is 3.28. The van der Waals surface area contributed by atoms with E-state index in [1.807, 2.05) is 0 Å². The summed E-state index contributed by atoms with van der Waals surface area (Å²) in [5.41, 5.74) is 0.557. The second-order valence-corrected chi connectivity index (χ2v) is 7.21. The van der Waals surface area contributed by atoms with Crippen LogP contribution in [-0.4, -0.2) is 53.9 Å². The minimum Gasteiger partial charge on any atom is -0.481 e. The molecule has 142 valence electrons. The minimum absolute atomic E-state index is 0.0740. The van der Waals surface area contributed by atoms with Gasteiger partial charge in [0.25, 0.3) is 11.8 Å². The number of halogens is 2. The molecule has 0 saturated carbocycles. The first-order chi connectivity index (χ1) is 12.9. The quantitative estimate of drug-likeness (QED) is 0.776. The first-order valence-corrected chi connectivity index (χ1v) is 9.45. The highest BCUT2D eigenvalue weighted by Gasteiger charge is 2.28. The normalized spacial score (nSPS) is 15.4. The van der Waals surface area contributed by atoms with Gasteiger partial charge < -0.3 is 14.5 Å². The van der Waals surface area contributed by atoms with E-state index in [0.29, 0.717) is 47.5 Å². The number of hydrogen-bond acceptors (Lipinski definition) is 3. The number of carbonyl (C=O) groups is 2. The van der Waals surface area contributed by atoms with Crippen LogP contribution >= 0.6 is 23.2 Å². The average Bonchev–Trinajstić information content (AvgIpc) is 2.68. The van der Waals surface area contributed by atoms with Crippen LogP contribution in [0.25, 0.3) is 0 Å². The van der Waals surface area contributed by atoms with Crippen molar-refractivity contribution in [2.24, 2.45) is 0 Å². The van der Waals surface area contributed by atoms with Gasteiger partial charge in [0.05, 0.1) is 0 Å². The van der Waals surface area contributed by atoms with Crippen LogP contribution in [0, 0.1) is 0 Å². The Morgan fingerprint density at radius 2 is 1.56 bits per heavy atom. The van der Waals surface area contributed by atoms with Crippen LogP contribution < -0.4 is 4.74 Å². The third-order valence-electron chi connectivity index (χ3n) is 4.42. The first kappa shape index (κ1) is 19.5. The van der Waals surface area contributed by atoms with E-state index < -0.39 is 6.10 Å². The summed E-state index contributed by atoms with van der Waals surface area (Å²) in [5, 5.41) is 1.14. The Morgan fingerprint density at radius 3 is 2.19 bits per heavy atom. The van der Waals surface area contributed by atoms with Crippen molar-refractivity contribution >= 4 is 35.0 Å². The molecule has 1 saturated heterocycles. The molecule has 7 heteroatoms. The number of piperazine rings is 1. The standard InChI is InChI=1S/C20H20Cl2N2O3/c1-14(27-18-7-5-16(21)6-8-18)19(25)23-9-11-24(12-10-23)20(26)15-3-2-4-17(22)13-15/h2-8,13-14H,9-12H2,1H3. The third-order valence-corrected chi connectivity index (χ3v) is 4.91. The molecular weight excluding hydrogens is 387 g/mol. The lowest BCUT2D eigenvalue weighted by Crippen LogP contribution is -2.53. The Labute approximate surface area is 168 Å². The van der Waals surface area contributed by atoms with Gasteiger partial charge in [-0.1, -0.05) is 29.3 Å².